The molecule has 4 atom stereocenters. The molecular weight excluding hydrogens is 369 g/mol. The van der Waals surface area contributed by atoms with Crippen LogP contribution < -0.4 is 0 Å². The smallest absolute Gasteiger partial charge is 0.0226 e. The maximum absolute atomic E-state index is 4.47. The predicted molar refractivity (Wildman–Crippen MR) is 114 cm³/mol. The van der Waals surface area contributed by atoms with Gasteiger partial charge >= 0.3 is 0 Å². The van der Waals surface area contributed by atoms with Crippen LogP contribution in [0.5, 0.6) is 0 Å². The summed E-state index contributed by atoms with van der Waals surface area (Å²) in [6, 6.07) is 0. The van der Waals surface area contributed by atoms with Crippen LogP contribution in [-0.2, 0) is 0 Å². The van der Waals surface area contributed by atoms with Crippen LogP contribution in [0.4, 0.5) is 0 Å². The fourth-order valence-corrected chi connectivity index (χ4v) is 6.53. The maximum Gasteiger partial charge on any atom is 0.0226 e. The lowest BCUT2D eigenvalue weighted by Gasteiger charge is -2.19. The first-order valence-electron chi connectivity index (χ1n) is 6.38. The van der Waals surface area contributed by atoms with Gasteiger partial charge in [-0.1, -0.05) is 13.8 Å². The highest BCUT2D eigenvalue weighted by Gasteiger charge is 2.14. The van der Waals surface area contributed by atoms with Crippen molar-refractivity contribution in [2.24, 2.45) is 0 Å². The molecule has 0 spiro atoms. The van der Waals surface area contributed by atoms with Gasteiger partial charge in [0.1, 0.15) is 0 Å². The van der Waals surface area contributed by atoms with Gasteiger partial charge in [-0.15, -0.1) is 0 Å². The zero-order valence-electron chi connectivity index (χ0n) is 11.6. The Kier molecular flexibility index (Phi) is 15.9. The molecule has 0 bridgehead atoms. The number of hydrogen-bond donors (Lipinski definition) is 4. The molecule has 0 aliphatic carbocycles. The van der Waals surface area contributed by atoms with Gasteiger partial charge in [-0.3, -0.25) is 0 Å². The molecule has 0 radical (unpaired) electrons. The molecule has 19 heavy (non-hydrogen) atoms. The zero-order chi connectivity index (χ0) is 14.7. The van der Waals surface area contributed by atoms with Crippen LogP contribution in [-0.4, -0.2) is 55.5 Å². The topological polar surface area (TPSA) is 0 Å². The van der Waals surface area contributed by atoms with Crippen molar-refractivity contribution in [1.82, 2.24) is 0 Å². The summed E-state index contributed by atoms with van der Waals surface area (Å²) < 4.78 is 0. The minimum atomic E-state index is 0.463. The molecule has 0 saturated heterocycles. The highest BCUT2D eigenvalue weighted by Crippen LogP contribution is 2.25. The molecule has 7 heteroatoms. The van der Waals surface area contributed by atoms with Gasteiger partial charge in [0.2, 0.25) is 0 Å². The Balaban J connectivity index is 3.82. The van der Waals surface area contributed by atoms with E-state index in [1.807, 2.05) is 35.3 Å². The van der Waals surface area contributed by atoms with E-state index in [0.29, 0.717) is 21.0 Å². The Bertz CT molecular complexity index is 199. The third kappa shape index (κ3) is 13.8. The quantitative estimate of drug-likeness (QED) is 0.362. The minimum Gasteiger partial charge on any atom is -0.178 e. The van der Waals surface area contributed by atoms with Gasteiger partial charge in [0.15, 0.2) is 0 Å². The number of rotatable bonds is 12. The van der Waals surface area contributed by atoms with Gasteiger partial charge in [0.25, 0.3) is 0 Å². The van der Waals surface area contributed by atoms with Gasteiger partial charge < -0.3 is 0 Å². The van der Waals surface area contributed by atoms with E-state index in [1.165, 1.54) is 5.75 Å². The first-order valence-corrected chi connectivity index (χ1v) is 11.9. The summed E-state index contributed by atoms with van der Waals surface area (Å²) in [6.07, 6.45) is 0. The summed E-state index contributed by atoms with van der Waals surface area (Å²) in [6.45, 7) is 4.29. The van der Waals surface area contributed by atoms with Crippen LogP contribution in [0.3, 0.4) is 0 Å². The molecule has 0 aromatic carbocycles. The van der Waals surface area contributed by atoms with Crippen molar-refractivity contribution in [3.8, 4) is 0 Å². The fraction of sp³-hybridized carbons (Fsp3) is 1.00. The Morgan fingerprint density at radius 1 is 0.737 bits per heavy atom. The third-order valence-electron chi connectivity index (χ3n) is 2.16. The SMILES string of the molecule is CC(S)CSCC(CS)SCC(CS)SCC(C)S. The van der Waals surface area contributed by atoms with Crippen molar-refractivity contribution in [1.29, 1.82) is 0 Å². The largest absolute Gasteiger partial charge is 0.178 e. The average Bonchev–Trinajstić information content (AvgIpc) is 2.35. The lowest BCUT2D eigenvalue weighted by molar-refractivity contribution is 1.08. The monoisotopic (exact) mass is 394 g/mol. The van der Waals surface area contributed by atoms with Crippen LogP contribution in [0.1, 0.15) is 13.8 Å². The van der Waals surface area contributed by atoms with Crippen molar-refractivity contribution in [3.63, 3.8) is 0 Å². The summed E-state index contributed by atoms with van der Waals surface area (Å²) >= 11 is 23.8. The molecule has 0 heterocycles. The van der Waals surface area contributed by atoms with E-state index in [2.05, 4.69) is 64.4 Å². The molecule has 0 saturated carbocycles. The molecule has 0 N–H and O–H groups in total. The molecule has 4 unspecified atom stereocenters. The number of thiol groups is 4. The summed E-state index contributed by atoms with van der Waals surface area (Å²) in [5, 5.41) is 2.20. The van der Waals surface area contributed by atoms with Crippen LogP contribution in [0.25, 0.3) is 0 Å². The Morgan fingerprint density at radius 3 is 1.68 bits per heavy atom. The Morgan fingerprint density at radius 2 is 1.21 bits per heavy atom. The lowest BCUT2D eigenvalue weighted by atomic mass is 10.5. The second kappa shape index (κ2) is 14.1. The number of thioether (sulfide) groups is 3. The molecule has 0 rings (SSSR count). The van der Waals surface area contributed by atoms with Gasteiger partial charge in [-0.2, -0.15) is 85.8 Å². The van der Waals surface area contributed by atoms with Crippen molar-refractivity contribution < 1.29 is 0 Å². The molecular formula is C12H26S7. The summed E-state index contributed by atoms with van der Waals surface area (Å²) in [7, 11) is 0. The van der Waals surface area contributed by atoms with Gasteiger partial charge in [0, 0.05) is 55.5 Å². The van der Waals surface area contributed by atoms with E-state index < -0.39 is 0 Å². The van der Waals surface area contributed by atoms with Crippen molar-refractivity contribution in [3.05, 3.63) is 0 Å². The maximum atomic E-state index is 4.47. The molecule has 0 amide bonds. The summed E-state index contributed by atoms with van der Waals surface area (Å²) in [5.74, 6) is 6.45. The minimum absolute atomic E-state index is 0.463. The first-order chi connectivity index (χ1) is 8.99. The van der Waals surface area contributed by atoms with Crippen molar-refractivity contribution >= 4 is 85.8 Å². The van der Waals surface area contributed by atoms with Gasteiger partial charge in [-0.05, 0) is 0 Å². The third-order valence-corrected chi connectivity index (χ3v) is 9.09. The Hall–Kier alpha value is 2.45. The van der Waals surface area contributed by atoms with Crippen molar-refractivity contribution in [2.45, 2.75) is 34.8 Å². The zero-order valence-corrected chi connectivity index (χ0v) is 17.6. The second-order valence-electron chi connectivity index (χ2n) is 4.51. The molecule has 116 valence electrons. The second-order valence-corrected chi connectivity index (χ2v) is 10.7. The van der Waals surface area contributed by atoms with E-state index in [4.69, 9.17) is 0 Å². The summed E-state index contributed by atoms with van der Waals surface area (Å²) in [4.78, 5) is 0. The van der Waals surface area contributed by atoms with E-state index in [9.17, 15) is 0 Å². The van der Waals surface area contributed by atoms with E-state index >= 15 is 0 Å². The van der Waals surface area contributed by atoms with Crippen LogP contribution in [0, 0.1) is 0 Å². The summed E-state index contributed by atoms with van der Waals surface area (Å²) in [5.41, 5.74) is 0. The fourth-order valence-electron chi connectivity index (χ4n) is 1.20. The van der Waals surface area contributed by atoms with Gasteiger partial charge in [0.05, 0.1) is 0 Å². The van der Waals surface area contributed by atoms with Crippen LogP contribution >= 0.6 is 85.8 Å². The standard InChI is InChI=1S/C12H26S7/c1-9(15)5-17-7-11(3-13)19-8-12(4-14)18-6-10(2)16/h9-16H,3-8H2,1-2H3. The highest BCUT2D eigenvalue weighted by molar-refractivity contribution is 8.06. The number of hydrogen-bond acceptors (Lipinski definition) is 7. The molecule has 0 fully saturated rings. The van der Waals surface area contributed by atoms with E-state index in [0.717, 1.165) is 28.8 Å². The average molecular weight is 395 g/mol. The van der Waals surface area contributed by atoms with Gasteiger partial charge in [-0.25, -0.2) is 0 Å². The molecule has 0 nitrogen and oxygen atoms in total. The first kappa shape index (κ1) is 21.4. The predicted octanol–water partition coefficient (Wildman–Crippen LogP) is 4.42. The molecule has 0 aromatic heterocycles. The normalized spacial score (nSPS) is 18.0. The van der Waals surface area contributed by atoms with E-state index in [1.54, 1.807) is 0 Å². The molecule has 0 aliphatic rings. The highest BCUT2D eigenvalue weighted by atomic mass is 32.2. The van der Waals surface area contributed by atoms with Crippen molar-refractivity contribution in [2.75, 3.05) is 34.5 Å². The lowest BCUT2D eigenvalue weighted by Crippen LogP contribution is -2.17. The van der Waals surface area contributed by atoms with Crippen LogP contribution in [0.15, 0.2) is 0 Å². The molecule has 0 aromatic rings. The Labute approximate surface area is 154 Å². The van der Waals surface area contributed by atoms with Crippen LogP contribution in [0.2, 0.25) is 0 Å². The molecule has 0 aliphatic heterocycles. The van der Waals surface area contributed by atoms with E-state index in [-0.39, 0.29) is 0 Å².